The van der Waals surface area contributed by atoms with Gasteiger partial charge in [-0.05, 0) is 18.6 Å². The number of amides is 1. The van der Waals surface area contributed by atoms with Gasteiger partial charge in [-0.1, -0.05) is 31.5 Å². The van der Waals surface area contributed by atoms with Gasteiger partial charge in [-0.3, -0.25) is 4.79 Å². The molecule has 0 spiro atoms. The van der Waals surface area contributed by atoms with E-state index in [1.807, 2.05) is 0 Å². The third-order valence-electron chi connectivity index (χ3n) is 2.47. The van der Waals surface area contributed by atoms with Crippen molar-refractivity contribution in [1.29, 1.82) is 0 Å². The molecule has 0 saturated carbocycles. The van der Waals surface area contributed by atoms with Crippen LogP contribution in [0.1, 0.15) is 31.9 Å². The largest absolute Gasteiger partial charge is 0.463 e. The Hall–Kier alpha value is -1.56. The second kappa shape index (κ2) is 6.39. The number of hydrogen-bond acceptors (Lipinski definition) is 5. The minimum atomic E-state index is -0.0255. The molecule has 0 radical (unpaired) electrons. The van der Waals surface area contributed by atoms with E-state index in [2.05, 4.69) is 22.4 Å². The molecule has 5 nitrogen and oxygen atoms in total. The van der Waals surface area contributed by atoms with Crippen molar-refractivity contribution in [2.75, 3.05) is 0 Å². The summed E-state index contributed by atoms with van der Waals surface area (Å²) in [4.78, 5) is 11.6. The van der Waals surface area contributed by atoms with Crippen LogP contribution in [0.15, 0.2) is 33.0 Å². The standard InChI is InChI=1S/C12H15N3O2S/c1-2-3-6-10-11(16)14-12(18-10)15-13-8-9-5-4-7-17-9/h4-5,7-8,10H,2-3,6H2,1H3,(H,14,15,16)/b13-8+. The number of thioether (sulfide) groups is 1. The van der Waals surface area contributed by atoms with Crippen LogP contribution in [0.2, 0.25) is 0 Å². The number of nitrogens with zero attached hydrogens (tertiary/aromatic N) is 2. The lowest BCUT2D eigenvalue weighted by Crippen LogP contribution is -2.24. The second-order valence-electron chi connectivity index (χ2n) is 3.90. The Labute approximate surface area is 110 Å². The summed E-state index contributed by atoms with van der Waals surface area (Å²) >= 11 is 1.44. The molecular formula is C12H15N3O2S. The second-order valence-corrected chi connectivity index (χ2v) is 5.09. The molecule has 1 aromatic rings. The molecule has 1 aliphatic rings. The molecule has 0 aromatic carbocycles. The molecule has 1 aliphatic heterocycles. The number of rotatable bonds is 5. The lowest BCUT2D eigenvalue weighted by Gasteiger charge is -2.01. The van der Waals surface area contributed by atoms with Gasteiger partial charge in [-0.15, -0.1) is 5.10 Å². The number of carbonyl (C=O) groups excluding carboxylic acids is 1. The van der Waals surface area contributed by atoms with Gasteiger partial charge in [-0.25, -0.2) is 0 Å². The van der Waals surface area contributed by atoms with Gasteiger partial charge >= 0.3 is 0 Å². The summed E-state index contributed by atoms with van der Waals surface area (Å²) in [5.41, 5.74) is 0. The Morgan fingerprint density at radius 2 is 2.50 bits per heavy atom. The topological polar surface area (TPSA) is 67.0 Å². The average molecular weight is 265 g/mol. The van der Waals surface area contributed by atoms with Crippen molar-refractivity contribution in [3.8, 4) is 0 Å². The van der Waals surface area contributed by atoms with Gasteiger partial charge in [0.05, 0.1) is 17.7 Å². The van der Waals surface area contributed by atoms with E-state index < -0.39 is 0 Å². The highest BCUT2D eigenvalue weighted by molar-refractivity contribution is 8.15. The predicted octanol–water partition coefficient (Wildman–Crippen LogP) is 2.39. The highest BCUT2D eigenvalue weighted by Crippen LogP contribution is 2.23. The monoisotopic (exact) mass is 265 g/mol. The van der Waals surface area contributed by atoms with E-state index >= 15 is 0 Å². The fourth-order valence-corrected chi connectivity index (χ4v) is 2.51. The highest BCUT2D eigenvalue weighted by Gasteiger charge is 2.29. The predicted molar refractivity (Wildman–Crippen MR) is 72.8 cm³/mol. The summed E-state index contributed by atoms with van der Waals surface area (Å²) in [5.74, 6) is 0.664. The van der Waals surface area contributed by atoms with Crippen molar-refractivity contribution in [3.05, 3.63) is 24.2 Å². The van der Waals surface area contributed by atoms with Crippen LogP contribution < -0.4 is 5.32 Å². The van der Waals surface area contributed by atoms with Gasteiger partial charge in [-0.2, -0.15) is 5.10 Å². The molecule has 2 rings (SSSR count). The number of amidine groups is 1. The smallest absolute Gasteiger partial charge is 0.239 e. The van der Waals surface area contributed by atoms with E-state index in [0.29, 0.717) is 10.9 Å². The zero-order valence-electron chi connectivity index (χ0n) is 10.1. The third-order valence-corrected chi connectivity index (χ3v) is 3.61. The van der Waals surface area contributed by atoms with Crippen LogP contribution in [-0.4, -0.2) is 22.5 Å². The summed E-state index contributed by atoms with van der Waals surface area (Å²) in [6.45, 7) is 2.11. The zero-order valence-corrected chi connectivity index (χ0v) is 10.9. The lowest BCUT2D eigenvalue weighted by molar-refractivity contribution is -0.118. The van der Waals surface area contributed by atoms with E-state index in [-0.39, 0.29) is 11.2 Å². The Kier molecular flexibility index (Phi) is 4.58. The molecule has 1 atom stereocenters. The fourth-order valence-electron chi connectivity index (χ4n) is 1.53. The molecule has 1 aromatic heterocycles. The maximum Gasteiger partial charge on any atom is 0.239 e. The van der Waals surface area contributed by atoms with Crippen LogP contribution in [0.25, 0.3) is 0 Å². The lowest BCUT2D eigenvalue weighted by atomic mass is 10.2. The number of unbranched alkanes of at least 4 members (excludes halogenated alkanes) is 1. The Morgan fingerprint density at radius 3 is 3.22 bits per heavy atom. The SMILES string of the molecule is CCCCC1SC(=N/N=C/c2ccco2)NC1=O. The van der Waals surface area contributed by atoms with E-state index in [1.54, 1.807) is 18.4 Å². The number of hydrogen-bond donors (Lipinski definition) is 1. The first kappa shape index (κ1) is 12.9. The van der Waals surface area contributed by atoms with Gasteiger partial charge in [0, 0.05) is 0 Å². The molecule has 0 aliphatic carbocycles. The van der Waals surface area contributed by atoms with Gasteiger partial charge in [0.2, 0.25) is 5.91 Å². The molecule has 18 heavy (non-hydrogen) atoms. The van der Waals surface area contributed by atoms with Crippen molar-refractivity contribution in [3.63, 3.8) is 0 Å². The first-order valence-electron chi connectivity index (χ1n) is 5.91. The van der Waals surface area contributed by atoms with Crippen molar-refractivity contribution in [1.82, 2.24) is 5.32 Å². The van der Waals surface area contributed by atoms with Gasteiger partial charge < -0.3 is 9.73 Å². The molecule has 1 N–H and O–H groups in total. The van der Waals surface area contributed by atoms with E-state index in [0.717, 1.165) is 19.3 Å². The van der Waals surface area contributed by atoms with Crippen LogP contribution in [-0.2, 0) is 4.79 Å². The summed E-state index contributed by atoms with van der Waals surface area (Å²) in [5, 5.41) is 11.1. The quantitative estimate of drug-likeness (QED) is 0.656. The number of nitrogens with one attached hydrogen (secondary N) is 1. The first-order chi connectivity index (χ1) is 8.79. The molecule has 0 bridgehead atoms. The van der Waals surface area contributed by atoms with Crippen LogP contribution in [0, 0.1) is 0 Å². The molecule has 96 valence electrons. The maximum atomic E-state index is 11.6. The van der Waals surface area contributed by atoms with Gasteiger partial charge in [0.1, 0.15) is 5.76 Å². The molecule has 6 heteroatoms. The Bertz CT molecular complexity index is 454. The number of furan rings is 1. The minimum Gasteiger partial charge on any atom is -0.463 e. The third kappa shape index (κ3) is 3.46. The van der Waals surface area contributed by atoms with E-state index in [4.69, 9.17) is 4.42 Å². The molecule has 2 heterocycles. The normalized spacial score (nSPS) is 21.9. The van der Waals surface area contributed by atoms with Crippen molar-refractivity contribution >= 4 is 29.1 Å². The highest BCUT2D eigenvalue weighted by atomic mass is 32.2. The average Bonchev–Trinajstić information content (AvgIpc) is 2.97. The van der Waals surface area contributed by atoms with Crippen LogP contribution in [0.4, 0.5) is 0 Å². The molecular weight excluding hydrogens is 250 g/mol. The summed E-state index contributed by atoms with van der Waals surface area (Å²) in [6.07, 6.45) is 6.11. The molecule has 1 saturated heterocycles. The van der Waals surface area contributed by atoms with Crippen LogP contribution in [0.5, 0.6) is 0 Å². The van der Waals surface area contributed by atoms with Crippen molar-refractivity contribution in [2.24, 2.45) is 10.2 Å². The summed E-state index contributed by atoms with van der Waals surface area (Å²) < 4.78 is 5.08. The van der Waals surface area contributed by atoms with Crippen LogP contribution in [0.3, 0.4) is 0 Å². The van der Waals surface area contributed by atoms with Gasteiger partial charge in [0.15, 0.2) is 5.17 Å². The first-order valence-corrected chi connectivity index (χ1v) is 6.79. The van der Waals surface area contributed by atoms with Crippen LogP contribution >= 0.6 is 11.8 Å². The van der Waals surface area contributed by atoms with Gasteiger partial charge in [0.25, 0.3) is 0 Å². The zero-order chi connectivity index (χ0) is 12.8. The fraction of sp³-hybridized carbons (Fsp3) is 0.417. The van der Waals surface area contributed by atoms with Crippen molar-refractivity contribution in [2.45, 2.75) is 31.4 Å². The van der Waals surface area contributed by atoms with E-state index in [9.17, 15) is 4.79 Å². The Balaban J connectivity index is 1.89. The van der Waals surface area contributed by atoms with E-state index in [1.165, 1.54) is 18.0 Å². The minimum absolute atomic E-state index is 0.0255. The molecule has 1 unspecified atom stereocenters. The summed E-state index contributed by atoms with van der Waals surface area (Å²) in [7, 11) is 0. The molecule has 1 amide bonds. The summed E-state index contributed by atoms with van der Waals surface area (Å²) in [6, 6.07) is 3.56. The number of carbonyl (C=O) groups is 1. The molecule has 1 fully saturated rings. The van der Waals surface area contributed by atoms with Crippen molar-refractivity contribution < 1.29 is 9.21 Å². The Morgan fingerprint density at radius 1 is 1.61 bits per heavy atom. The maximum absolute atomic E-state index is 11.6.